The molecule has 1 amide bonds. The van der Waals surface area contributed by atoms with Gasteiger partial charge in [0.25, 0.3) is 0 Å². The van der Waals surface area contributed by atoms with E-state index in [9.17, 15) is 4.79 Å². The van der Waals surface area contributed by atoms with E-state index in [1.807, 2.05) is 30.3 Å². The maximum atomic E-state index is 11.7. The van der Waals surface area contributed by atoms with Crippen LogP contribution in [0, 0.1) is 0 Å². The highest BCUT2D eigenvalue weighted by atomic mass is 35.5. The Bertz CT molecular complexity index is 358. The van der Waals surface area contributed by atoms with Gasteiger partial charge in [0, 0.05) is 24.8 Å². The van der Waals surface area contributed by atoms with Crippen molar-refractivity contribution in [2.75, 3.05) is 25.0 Å². The molecule has 1 unspecified atom stereocenters. The first kappa shape index (κ1) is 14.0. The summed E-state index contributed by atoms with van der Waals surface area (Å²) in [5.41, 5.74) is 6.62. The number of anilines is 1. The molecular formula is C12H18ClN3O. The Hall–Kier alpha value is -1.10. The van der Waals surface area contributed by atoms with Gasteiger partial charge in [0.15, 0.2) is 0 Å². The van der Waals surface area contributed by atoms with Crippen LogP contribution in [0.1, 0.15) is 6.42 Å². The second kappa shape index (κ2) is 6.59. The molecule has 0 saturated carbocycles. The molecule has 94 valence electrons. The molecule has 5 heteroatoms. The molecule has 2 rings (SSSR count). The van der Waals surface area contributed by atoms with E-state index in [0.717, 1.165) is 25.2 Å². The molecule has 0 radical (unpaired) electrons. The van der Waals surface area contributed by atoms with Gasteiger partial charge in [0.05, 0.1) is 6.54 Å². The first-order valence-electron chi connectivity index (χ1n) is 5.57. The Balaban J connectivity index is 0.00000144. The highest BCUT2D eigenvalue weighted by Crippen LogP contribution is 2.08. The molecule has 0 bridgehead atoms. The summed E-state index contributed by atoms with van der Waals surface area (Å²) in [5, 5.41) is 2.86. The molecule has 0 aromatic heterocycles. The van der Waals surface area contributed by atoms with Crippen molar-refractivity contribution in [2.45, 2.75) is 12.5 Å². The van der Waals surface area contributed by atoms with E-state index in [0.29, 0.717) is 6.54 Å². The monoisotopic (exact) mass is 255 g/mol. The average molecular weight is 256 g/mol. The van der Waals surface area contributed by atoms with Crippen LogP contribution in [0.25, 0.3) is 0 Å². The van der Waals surface area contributed by atoms with Crippen molar-refractivity contribution in [3.05, 3.63) is 30.3 Å². The molecule has 1 aliphatic heterocycles. The predicted octanol–water partition coefficient (Wildman–Crippen LogP) is 1.08. The summed E-state index contributed by atoms with van der Waals surface area (Å²) >= 11 is 0. The first-order chi connectivity index (χ1) is 7.74. The second-order valence-corrected chi connectivity index (χ2v) is 4.20. The lowest BCUT2D eigenvalue weighted by Gasteiger charge is -2.14. The van der Waals surface area contributed by atoms with Gasteiger partial charge in [0.1, 0.15) is 0 Å². The molecule has 1 aromatic carbocycles. The van der Waals surface area contributed by atoms with E-state index in [4.69, 9.17) is 5.73 Å². The van der Waals surface area contributed by atoms with Crippen LogP contribution in [0.4, 0.5) is 5.69 Å². The zero-order valence-electron chi connectivity index (χ0n) is 9.63. The zero-order chi connectivity index (χ0) is 11.4. The molecule has 1 saturated heterocycles. The van der Waals surface area contributed by atoms with Gasteiger partial charge in [-0.1, -0.05) is 18.2 Å². The lowest BCUT2D eigenvalue weighted by Crippen LogP contribution is -2.33. The summed E-state index contributed by atoms with van der Waals surface area (Å²) in [5.74, 6) is 0.0281. The fourth-order valence-electron chi connectivity index (χ4n) is 1.93. The molecule has 1 fully saturated rings. The van der Waals surface area contributed by atoms with E-state index in [2.05, 4.69) is 10.2 Å². The summed E-state index contributed by atoms with van der Waals surface area (Å²) in [4.78, 5) is 13.8. The van der Waals surface area contributed by atoms with Crippen LogP contribution < -0.4 is 11.1 Å². The van der Waals surface area contributed by atoms with Gasteiger partial charge >= 0.3 is 0 Å². The van der Waals surface area contributed by atoms with E-state index in [1.165, 1.54) is 0 Å². The third kappa shape index (κ3) is 4.34. The van der Waals surface area contributed by atoms with Crippen molar-refractivity contribution in [1.29, 1.82) is 0 Å². The van der Waals surface area contributed by atoms with E-state index in [1.54, 1.807) is 0 Å². The minimum absolute atomic E-state index is 0. The molecule has 0 aliphatic carbocycles. The minimum Gasteiger partial charge on any atom is -0.326 e. The van der Waals surface area contributed by atoms with Crippen LogP contribution >= 0.6 is 12.4 Å². The molecular weight excluding hydrogens is 238 g/mol. The van der Waals surface area contributed by atoms with Crippen molar-refractivity contribution in [1.82, 2.24) is 4.90 Å². The zero-order valence-corrected chi connectivity index (χ0v) is 10.5. The van der Waals surface area contributed by atoms with E-state index in [-0.39, 0.29) is 24.4 Å². The number of benzene rings is 1. The van der Waals surface area contributed by atoms with Crippen LogP contribution in [0.5, 0.6) is 0 Å². The van der Waals surface area contributed by atoms with Gasteiger partial charge in [-0.05, 0) is 18.6 Å². The van der Waals surface area contributed by atoms with Crippen molar-refractivity contribution in [3.8, 4) is 0 Å². The highest BCUT2D eigenvalue weighted by Gasteiger charge is 2.20. The molecule has 0 spiro atoms. The first-order valence-corrected chi connectivity index (χ1v) is 5.57. The van der Waals surface area contributed by atoms with Crippen molar-refractivity contribution < 1.29 is 4.79 Å². The van der Waals surface area contributed by atoms with Gasteiger partial charge in [-0.25, -0.2) is 0 Å². The van der Waals surface area contributed by atoms with Gasteiger partial charge < -0.3 is 11.1 Å². The third-order valence-corrected chi connectivity index (χ3v) is 2.73. The third-order valence-electron chi connectivity index (χ3n) is 2.73. The minimum atomic E-state index is 0. The number of hydrogen-bond donors (Lipinski definition) is 2. The quantitative estimate of drug-likeness (QED) is 0.850. The Labute approximate surface area is 108 Å². The lowest BCUT2D eigenvalue weighted by atomic mass is 10.3. The van der Waals surface area contributed by atoms with E-state index < -0.39 is 0 Å². The molecule has 3 N–H and O–H groups in total. The lowest BCUT2D eigenvalue weighted by molar-refractivity contribution is -0.117. The summed E-state index contributed by atoms with van der Waals surface area (Å²) < 4.78 is 0. The van der Waals surface area contributed by atoms with Crippen LogP contribution in [-0.2, 0) is 4.79 Å². The summed E-state index contributed by atoms with van der Waals surface area (Å²) in [6, 6.07) is 9.73. The van der Waals surface area contributed by atoms with Crippen molar-refractivity contribution in [3.63, 3.8) is 0 Å². The van der Waals surface area contributed by atoms with Crippen molar-refractivity contribution >= 4 is 24.0 Å². The molecule has 17 heavy (non-hydrogen) atoms. The summed E-state index contributed by atoms with van der Waals surface area (Å²) in [7, 11) is 0. The number of para-hydroxylation sites is 1. The standard InChI is InChI=1S/C12H17N3O.ClH/c13-10-6-7-15(8-10)9-12(16)14-11-4-2-1-3-5-11;/h1-5,10H,6-9,13H2,(H,14,16);1H. The van der Waals surface area contributed by atoms with Crippen LogP contribution in [-0.4, -0.2) is 36.5 Å². The number of halogens is 1. The molecule has 4 nitrogen and oxygen atoms in total. The number of carbonyl (C=O) groups excluding carboxylic acids is 1. The van der Waals surface area contributed by atoms with Crippen LogP contribution in [0.15, 0.2) is 30.3 Å². The Morgan fingerprint density at radius 2 is 2.12 bits per heavy atom. The van der Waals surface area contributed by atoms with Crippen LogP contribution in [0.3, 0.4) is 0 Å². The maximum absolute atomic E-state index is 11.7. The average Bonchev–Trinajstić information content (AvgIpc) is 2.65. The number of amides is 1. The predicted molar refractivity (Wildman–Crippen MR) is 71.4 cm³/mol. The summed E-state index contributed by atoms with van der Waals surface area (Å²) in [6.45, 7) is 2.17. The normalized spacial score (nSPS) is 19.7. The molecule has 1 aromatic rings. The number of hydrogen-bond acceptors (Lipinski definition) is 3. The number of carbonyl (C=O) groups is 1. The fourth-order valence-corrected chi connectivity index (χ4v) is 1.93. The molecule has 1 heterocycles. The van der Waals surface area contributed by atoms with Gasteiger partial charge in [-0.3, -0.25) is 9.69 Å². The summed E-state index contributed by atoms with van der Waals surface area (Å²) in [6.07, 6.45) is 0.985. The van der Waals surface area contributed by atoms with Gasteiger partial charge in [-0.2, -0.15) is 0 Å². The largest absolute Gasteiger partial charge is 0.326 e. The Morgan fingerprint density at radius 1 is 1.41 bits per heavy atom. The topological polar surface area (TPSA) is 58.4 Å². The molecule has 1 atom stereocenters. The number of rotatable bonds is 3. The SMILES string of the molecule is Cl.NC1CCN(CC(=O)Nc2ccccc2)C1. The van der Waals surface area contributed by atoms with Crippen molar-refractivity contribution in [2.24, 2.45) is 5.73 Å². The Morgan fingerprint density at radius 3 is 2.71 bits per heavy atom. The molecule has 1 aliphatic rings. The maximum Gasteiger partial charge on any atom is 0.238 e. The number of nitrogens with zero attached hydrogens (tertiary/aromatic N) is 1. The highest BCUT2D eigenvalue weighted by molar-refractivity contribution is 5.92. The van der Waals surface area contributed by atoms with E-state index >= 15 is 0 Å². The second-order valence-electron chi connectivity index (χ2n) is 4.20. The Kier molecular flexibility index (Phi) is 5.41. The van der Waals surface area contributed by atoms with Gasteiger partial charge in [0.2, 0.25) is 5.91 Å². The number of likely N-dealkylation sites (tertiary alicyclic amines) is 1. The smallest absolute Gasteiger partial charge is 0.238 e. The fraction of sp³-hybridized carbons (Fsp3) is 0.417. The number of nitrogens with one attached hydrogen (secondary N) is 1. The number of nitrogens with two attached hydrogens (primary N) is 1. The van der Waals surface area contributed by atoms with Crippen LogP contribution in [0.2, 0.25) is 0 Å². The van der Waals surface area contributed by atoms with Gasteiger partial charge in [-0.15, -0.1) is 12.4 Å².